The summed E-state index contributed by atoms with van der Waals surface area (Å²) in [4.78, 5) is 11.2. The number of halogens is 1. The largest absolute Gasteiger partial charge is 0.496 e. The second kappa shape index (κ2) is 4.00. The van der Waals surface area contributed by atoms with Crippen LogP contribution in [0.2, 0.25) is 0 Å². The van der Waals surface area contributed by atoms with Crippen molar-refractivity contribution >= 4 is 21.8 Å². The van der Waals surface area contributed by atoms with Crippen molar-refractivity contribution in [1.82, 2.24) is 0 Å². The number of amides is 1. The van der Waals surface area contributed by atoms with Gasteiger partial charge < -0.3 is 10.5 Å². The number of nitrogens with two attached hydrogens (primary N) is 1. The van der Waals surface area contributed by atoms with E-state index in [0.29, 0.717) is 11.3 Å². The molecule has 1 aromatic carbocycles. The third kappa shape index (κ3) is 1.75. The molecule has 0 saturated carbocycles. The van der Waals surface area contributed by atoms with Crippen molar-refractivity contribution in [2.24, 2.45) is 5.73 Å². The maximum atomic E-state index is 11.2. The molecule has 0 unspecified atom stereocenters. The van der Waals surface area contributed by atoms with Crippen LogP contribution in [0.5, 0.6) is 5.75 Å². The average Bonchev–Trinajstić information content (AvgIpc) is 2.10. The molecule has 0 aliphatic heterocycles. The average molecular weight is 258 g/mol. The normalized spacial score (nSPS) is 10.0. The van der Waals surface area contributed by atoms with Gasteiger partial charge in [0.15, 0.2) is 0 Å². The fourth-order valence-electron chi connectivity index (χ4n) is 1.41. The summed E-state index contributed by atoms with van der Waals surface area (Å²) in [6.45, 7) is 3.70. The predicted molar refractivity (Wildman–Crippen MR) is 58.7 cm³/mol. The second-order valence-corrected chi connectivity index (χ2v) is 3.93. The summed E-state index contributed by atoms with van der Waals surface area (Å²) in [6, 6.07) is 1.90. The van der Waals surface area contributed by atoms with Gasteiger partial charge in [0.2, 0.25) is 0 Å². The van der Waals surface area contributed by atoms with Gasteiger partial charge in [0, 0.05) is 4.47 Å². The van der Waals surface area contributed by atoms with Crippen LogP contribution in [0.1, 0.15) is 21.5 Å². The highest BCUT2D eigenvalue weighted by Gasteiger charge is 2.16. The quantitative estimate of drug-likeness (QED) is 0.883. The summed E-state index contributed by atoms with van der Waals surface area (Å²) >= 11 is 3.37. The second-order valence-electron chi connectivity index (χ2n) is 3.07. The first-order valence-corrected chi connectivity index (χ1v) is 4.91. The lowest BCUT2D eigenvalue weighted by Crippen LogP contribution is -2.15. The predicted octanol–water partition coefficient (Wildman–Crippen LogP) is 2.17. The summed E-state index contributed by atoms with van der Waals surface area (Å²) in [7, 11) is 1.53. The first kappa shape index (κ1) is 11.0. The molecule has 0 aromatic heterocycles. The molecule has 0 fully saturated rings. The highest BCUT2D eigenvalue weighted by Crippen LogP contribution is 2.31. The number of hydrogen-bond acceptors (Lipinski definition) is 2. The Kier molecular flexibility index (Phi) is 3.16. The molecule has 14 heavy (non-hydrogen) atoms. The fraction of sp³-hybridized carbons (Fsp3) is 0.300. The van der Waals surface area contributed by atoms with Gasteiger partial charge in [-0.05, 0) is 31.0 Å². The van der Waals surface area contributed by atoms with Crippen molar-refractivity contribution in [1.29, 1.82) is 0 Å². The van der Waals surface area contributed by atoms with Crippen LogP contribution in [-0.4, -0.2) is 13.0 Å². The Labute approximate surface area is 91.4 Å². The Bertz CT molecular complexity index is 388. The number of carbonyl (C=O) groups excluding carboxylic acids is 1. The lowest BCUT2D eigenvalue weighted by Gasteiger charge is -2.13. The third-order valence-electron chi connectivity index (χ3n) is 2.11. The van der Waals surface area contributed by atoms with Crippen LogP contribution in [0.4, 0.5) is 0 Å². The van der Waals surface area contributed by atoms with Gasteiger partial charge >= 0.3 is 0 Å². The summed E-state index contributed by atoms with van der Waals surface area (Å²) in [5.41, 5.74) is 7.43. The van der Waals surface area contributed by atoms with Crippen LogP contribution in [0, 0.1) is 13.8 Å². The molecule has 0 bridgehead atoms. The molecular weight excluding hydrogens is 246 g/mol. The highest BCUT2D eigenvalue weighted by atomic mass is 79.9. The number of benzene rings is 1. The van der Waals surface area contributed by atoms with Crippen molar-refractivity contribution in [2.75, 3.05) is 7.11 Å². The molecule has 0 aliphatic rings. The molecule has 0 aliphatic carbocycles. The van der Waals surface area contributed by atoms with Gasteiger partial charge in [-0.25, -0.2) is 0 Å². The summed E-state index contributed by atoms with van der Waals surface area (Å²) in [5, 5.41) is 0. The fourth-order valence-corrected chi connectivity index (χ4v) is 1.95. The van der Waals surface area contributed by atoms with Gasteiger partial charge in [-0.15, -0.1) is 0 Å². The van der Waals surface area contributed by atoms with E-state index in [4.69, 9.17) is 10.5 Å². The van der Waals surface area contributed by atoms with Crippen molar-refractivity contribution < 1.29 is 9.53 Å². The molecule has 76 valence electrons. The van der Waals surface area contributed by atoms with Gasteiger partial charge in [-0.1, -0.05) is 15.9 Å². The topological polar surface area (TPSA) is 52.3 Å². The minimum Gasteiger partial charge on any atom is -0.496 e. The molecule has 3 nitrogen and oxygen atoms in total. The van der Waals surface area contributed by atoms with E-state index < -0.39 is 5.91 Å². The highest BCUT2D eigenvalue weighted by molar-refractivity contribution is 9.10. The van der Waals surface area contributed by atoms with E-state index in [-0.39, 0.29) is 0 Å². The number of hydrogen-bond donors (Lipinski definition) is 1. The maximum absolute atomic E-state index is 11.2. The SMILES string of the molecule is COc1c(C)cc(Br)c(C)c1C(N)=O. The number of ether oxygens (including phenoxy) is 1. The number of aryl methyl sites for hydroxylation is 1. The zero-order chi connectivity index (χ0) is 10.9. The van der Waals surface area contributed by atoms with E-state index in [1.54, 1.807) is 0 Å². The van der Waals surface area contributed by atoms with Gasteiger partial charge in [-0.3, -0.25) is 4.79 Å². The minimum absolute atomic E-state index is 0.444. The summed E-state index contributed by atoms with van der Waals surface area (Å²) in [5.74, 6) is 0.0851. The first-order chi connectivity index (χ1) is 6.49. The Morgan fingerprint density at radius 1 is 1.50 bits per heavy atom. The number of methoxy groups -OCH3 is 1. The molecular formula is C10H12BrNO2. The first-order valence-electron chi connectivity index (χ1n) is 4.12. The molecule has 1 aromatic rings. The van der Waals surface area contributed by atoms with E-state index in [0.717, 1.165) is 15.6 Å². The summed E-state index contributed by atoms with van der Waals surface area (Å²) in [6.07, 6.45) is 0. The molecule has 0 radical (unpaired) electrons. The molecule has 0 spiro atoms. The van der Waals surface area contributed by atoms with E-state index in [1.165, 1.54) is 7.11 Å². The van der Waals surface area contributed by atoms with Gasteiger partial charge in [0.25, 0.3) is 5.91 Å². The molecule has 0 atom stereocenters. The van der Waals surface area contributed by atoms with Crippen LogP contribution in [0.15, 0.2) is 10.5 Å². The van der Waals surface area contributed by atoms with E-state index >= 15 is 0 Å². The summed E-state index contributed by atoms with van der Waals surface area (Å²) < 4.78 is 6.02. The van der Waals surface area contributed by atoms with Crippen molar-refractivity contribution in [2.45, 2.75) is 13.8 Å². The maximum Gasteiger partial charge on any atom is 0.252 e. The van der Waals surface area contributed by atoms with Gasteiger partial charge in [0.1, 0.15) is 5.75 Å². The lowest BCUT2D eigenvalue weighted by molar-refractivity contribution is 0.0996. The molecule has 0 heterocycles. The van der Waals surface area contributed by atoms with Gasteiger partial charge in [0.05, 0.1) is 12.7 Å². The van der Waals surface area contributed by atoms with Crippen molar-refractivity contribution in [3.63, 3.8) is 0 Å². The molecule has 4 heteroatoms. The Morgan fingerprint density at radius 3 is 2.50 bits per heavy atom. The molecule has 0 saturated heterocycles. The Morgan fingerprint density at radius 2 is 2.07 bits per heavy atom. The van der Waals surface area contributed by atoms with Crippen LogP contribution < -0.4 is 10.5 Å². The molecule has 2 N–H and O–H groups in total. The van der Waals surface area contributed by atoms with Crippen molar-refractivity contribution in [3.05, 3.63) is 27.2 Å². The lowest BCUT2D eigenvalue weighted by atomic mass is 10.0. The minimum atomic E-state index is -0.469. The van der Waals surface area contributed by atoms with Crippen molar-refractivity contribution in [3.8, 4) is 5.75 Å². The van der Waals surface area contributed by atoms with Gasteiger partial charge in [-0.2, -0.15) is 0 Å². The van der Waals surface area contributed by atoms with Crippen LogP contribution in [0.3, 0.4) is 0 Å². The zero-order valence-electron chi connectivity index (χ0n) is 8.35. The molecule has 1 rings (SSSR count). The van der Waals surface area contributed by atoms with Crippen LogP contribution in [0.25, 0.3) is 0 Å². The Hall–Kier alpha value is -1.03. The van der Waals surface area contributed by atoms with E-state index in [9.17, 15) is 4.79 Å². The Balaban J connectivity index is 3.56. The number of carbonyl (C=O) groups is 1. The van der Waals surface area contributed by atoms with Crippen LogP contribution >= 0.6 is 15.9 Å². The van der Waals surface area contributed by atoms with E-state index in [2.05, 4.69) is 15.9 Å². The molecule has 1 amide bonds. The number of rotatable bonds is 2. The number of primary amides is 1. The monoisotopic (exact) mass is 257 g/mol. The van der Waals surface area contributed by atoms with E-state index in [1.807, 2.05) is 19.9 Å². The standard InChI is InChI=1S/C10H12BrNO2/c1-5-4-7(11)6(2)8(10(12)13)9(5)14-3/h4H,1-3H3,(H2,12,13). The van der Waals surface area contributed by atoms with Crippen LogP contribution in [-0.2, 0) is 0 Å². The smallest absolute Gasteiger partial charge is 0.252 e. The third-order valence-corrected chi connectivity index (χ3v) is 2.94. The zero-order valence-corrected chi connectivity index (χ0v) is 9.94.